The highest BCUT2D eigenvalue weighted by Gasteiger charge is 2.17. The number of ether oxygens (including phenoxy) is 2. The maximum atomic E-state index is 12.2. The number of benzene rings is 1. The van der Waals surface area contributed by atoms with Gasteiger partial charge in [0.05, 0.1) is 17.2 Å². The van der Waals surface area contributed by atoms with E-state index in [2.05, 4.69) is 20.7 Å². The summed E-state index contributed by atoms with van der Waals surface area (Å²) in [6.07, 6.45) is 0. The Morgan fingerprint density at radius 1 is 1.50 bits per heavy atom. The Morgan fingerprint density at radius 3 is 2.67 bits per heavy atom. The second-order valence-corrected chi connectivity index (χ2v) is 4.15. The van der Waals surface area contributed by atoms with Crippen molar-refractivity contribution in [3.8, 4) is 5.75 Å². The molecule has 0 spiro atoms. The molecule has 0 aromatic heterocycles. The zero-order chi connectivity index (χ0) is 13.7. The molecule has 0 radical (unpaired) electrons. The Bertz CT molecular complexity index is 441. The van der Waals surface area contributed by atoms with Crippen LogP contribution in [0.4, 0.5) is 8.78 Å². The van der Waals surface area contributed by atoms with Crippen molar-refractivity contribution in [2.45, 2.75) is 18.9 Å². The van der Waals surface area contributed by atoms with E-state index in [-0.39, 0.29) is 28.3 Å². The van der Waals surface area contributed by atoms with Crippen LogP contribution in [0, 0.1) is 0 Å². The number of hydrogen-bond acceptors (Lipinski definition) is 3. The Hall–Kier alpha value is -0.880. The third-order valence-corrected chi connectivity index (χ3v) is 2.87. The van der Waals surface area contributed by atoms with Crippen molar-refractivity contribution in [1.29, 1.82) is 0 Å². The van der Waals surface area contributed by atoms with E-state index in [1.54, 1.807) is 6.92 Å². The molecule has 0 aliphatic heterocycles. The average Bonchev–Trinajstić information content (AvgIpc) is 2.31. The number of halogens is 4. The molecule has 3 nitrogen and oxygen atoms in total. The summed E-state index contributed by atoms with van der Waals surface area (Å²) in [5.74, 6) is -0.707. The van der Waals surface area contributed by atoms with Gasteiger partial charge in [-0.05, 0) is 19.1 Å². The Morgan fingerprint density at radius 2 is 2.17 bits per heavy atom. The van der Waals surface area contributed by atoms with Crippen LogP contribution in [0.3, 0.4) is 0 Å². The topological polar surface area (TPSA) is 35.5 Å². The van der Waals surface area contributed by atoms with Crippen molar-refractivity contribution >= 4 is 33.5 Å². The van der Waals surface area contributed by atoms with Crippen LogP contribution in [0.2, 0.25) is 5.02 Å². The van der Waals surface area contributed by atoms with Gasteiger partial charge in [-0.15, -0.1) is 0 Å². The molecular weight excluding hydrogens is 333 g/mol. The van der Waals surface area contributed by atoms with E-state index in [9.17, 15) is 13.6 Å². The van der Waals surface area contributed by atoms with Crippen molar-refractivity contribution in [2.75, 3.05) is 6.61 Å². The molecule has 1 rings (SSSR count). The third kappa shape index (κ3) is 3.81. The number of carbonyl (C=O) groups is 1. The minimum atomic E-state index is -2.98. The molecule has 0 heterocycles. The standard InChI is InChI=1S/C11H10BrClF2O3/c1-2-17-10(16)6-3-7(5-12)9(8(13)4-6)18-11(14)15/h3-4,11H,2,5H2,1H3. The van der Waals surface area contributed by atoms with Gasteiger partial charge in [0, 0.05) is 10.9 Å². The van der Waals surface area contributed by atoms with E-state index in [1.165, 1.54) is 12.1 Å². The SMILES string of the molecule is CCOC(=O)c1cc(Cl)c(OC(F)F)c(CBr)c1. The quantitative estimate of drug-likeness (QED) is 0.598. The van der Waals surface area contributed by atoms with Gasteiger partial charge in [0.25, 0.3) is 0 Å². The van der Waals surface area contributed by atoms with Crippen LogP contribution in [-0.4, -0.2) is 19.2 Å². The molecule has 0 bridgehead atoms. The third-order valence-electron chi connectivity index (χ3n) is 1.98. The van der Waals surface area contributed by atoms with Crippen molar-refractivity contribution in [3.05, 3.63) is 28.3 Å². The van der Waals surface area contributed by atoms with Crippen molar-refractivity contribution < 1.29 is 23.0 Å². The van der Waals surface area contributed by atoms with Gasteiger partial charge in [0.1, 0.15) is 5.75 Å². The highest BCUT2D eigenvalue weighted by atomic mass is 79.9. The van der Waals surface area contributed by atoms with E-state index >= 15 is 0 Å². The van der Waals surface area contributed by atoms with E-state index in [0.29, 0.717) is 5.56 Å². The van der Waals surface area contributed by atoms with Gasteiger partial charge in [-0.1, -0.05) is 27.5 Å². The van der Waals surface area contributed by atoms with E-state index in [0.717, 1.165) is 0 Å². The van der Waals surface area contributed by atoms with E-state index in [4.69, 9.17) is 16.3 Å². The summed E-state index contributed by atoms with van der Waals surface area (Å²) in [5, 5.41) is 0.164. The monoisotopic (exact) mass is 342 g/mol. The largest absolute Gasteiger partial charge is 0.462 e. The molecule has 0 saturated carbocycles. The van der Waals surface area contributed by atoms with Crippen LogP contribution in [0.1, 0.15) is 22.8 Å². The van der Waals surface area contributed by atoms with Gasteiger partial charge in [-0.2, -0.15) is 8.78 Å². The molecule has 18 heavy (non-hydrogen) atoms. The van der Waals surface area contributed by atoms with Gasteiger partial charge in [0.15, 0.2) is 0 Å². The molecule has 7 heteroatoms. The van der Waals surface area contributed by atoms with Crippen LogP contribution >= 0.6 is 27.5 Å². The predicted molar refractivity (Wildman–Crippen MR) is 66.7 cm³/mol. The van der Waals surface area contributed by atoms with Gasteiger partial charge >= 0.3 is 12.6 Å². The molecule has 0 atom stereocenters. The van der Waals surface area contributed by atoms with Crippen LogP contribution in [0.25, 0.3) is 0 Å². The van der Waals surface area contributed by atoms with Crippen LogP contribution in [0.5, 0.6) is 5.75 Å². The summed E-state index contributed by atoms with van der Waals surface area (Å²) in [6.45, 7) is -1.09. The number of esters is 1. The lowest BCUT2D eigenvalue weighted by atomic mass is 10.1. The Balaban J connectivity index is 3.14. The Labute approximate surface area is 116 Å². The first-order valence-corrected chi connectivity index (χ1v) is 6.49. The first kappa shape index (κ1) is 15.2. The molecule has 1 aromatic rings. The molecule has 0 saturated heterocycles. The molecule has 0 unspecified atom stereocenters. The highest BCUT2D eigenvalue weighted by molar-refractivity contribution is 9.08. The van der Waals surface area contributed by atoms with Crippen molar-refractivity contribution in [1.82, 2.24) is 0 Å². The maximum Gasteiger partial charge on any atom is 0.387 e. The summed E-state index contributed by atoms with van der Waals surface area (Å²) >= 11 is 8.93. The Kier molecular flexibility index (Phi) is 5.81. The maximum absolute atomic E-state index is 12.2. The first-order chi connectivity index (χ1) is 8.49. The first-order valence-electron chi connectivity index (χ1n) is 4.99. The molecule has 100 valence electrons. The van der Waals surface area contributed by atoms with Gasteiger partial charge in [-0.25, -0.2) is 4.79 Å². The molecule has 0 N–H and O–H groups in total. The highest BCUT2D eigenvalue weighted by Crippen LogP contribution is 2.33. The predicted octanol–water partition coefficient (Wildman–Crippen LogP) is 4.01. The molecular formula is C11H10BrClF2O3. The second kappa shape index (κ2) is 6.89. The fourth-order valence-electron chi connectivity index (χ4n) is 1.30. The fraction of sp³-hybridized carbons (Fsp3) is 0.364. The smallest absolute Gasteiger partial charge is 0.387 e. The summed E-state index contributed by atoms with van der Waals surface area (Å²) in [5.41, 5.74) is 0.545. The normalized spacial score (nSPS) is 10.6. The average molecular weight is 344 g/mol. The second-order valence-electron chi connectivity index (χ2n) is 3.18. The number of rotatable bonds is 5. The molecule has 0 aliphatic rings. The van der Waals surface area contributed by atoms with Gasteiger partial charge in [-0.3, -0.25) is 0 Å². The van der Waals surface area contributed by atoms with Crippen molar-refractivity contribution in [3.63, 3.8) is 0 Å². The molecule has 1 aromatic carbocycles. The van der Waals surface area contributed by atoms with E-state index in [1.807, 2.05) is 0 Å². The lowest BCUT2D eigenvalue weighted by molar-refractivity contribution is -0.0502. The minimum absolute atomic E-state index is 0.0599. The lowest BCUT2D eigenvalue weighted by Gasteiger charge is -2.12. The molecule has 0 fully saturated rings. The van der Waals surface area contributed by atoms with Crippen LogP contribution in [0.15, 0.2) is 12.1 Å². The fourth-order valence-corrected chi connectivity index (χ4v) is 2.00. The summed E-state index contributed by atoms with van der Waals surface area (Å²) in [6, 6.07) is 2.64. The summed E-state index contributed by atoms with van der Waals surface area (Å²) < 4.78 is 33.5. The zero-order valence-corrected chi connectivity index (χ0v) is 11.7. The number of hydrogen-bond donors (Lipinski definition) is 0. The number of alkyl halides is 3. The number of carbonyl (C=O) groups excluding carboxylic acids is 1. The lowest BCUT2D eigenvalue weighted by Crippen LogP contribution is -2.08. The van der Waals surface area contributed by atoms with Crippen LogP contribution < -0.4 is 4.74 Å². The minimum Gasteiger partial charge on any atom is -0.462 e. The molecule has 0 aliphatic carbocycles. The summed E-state index contributed by atoms with van der Waals surface area (Å²) in [4.78, 5) is 11.5. The molecule has 0 amide bonds. The zero-order valence-electron chi connectivity index (χ0n) is 9.38. The van der Waals surface area contributed by atoms with Gasteiger partial charge < -0.3 is 9.47 Å². The van der Waals surface area contributed by atoms with Crippen LogP contribution in [-0.2, 0) is 10.1 Å². The summed E-state index contributed by atoms with van der Waals surface area (Å²) in [7, 11) is 0. The van der Waals surface area contributed by atoms with Gasteiger partial charge in [0.2, 0.25) is 0 Å². The van der Waals surface area contributed by atoms with E-state index < -0.39 is 12.6 Å². The van der Waals surface area contributed by atoms with Crippen molar-refractivity contribution in [2.24, 2.45) is 0 Å².